The van der Waals surface area contributed by atoms with Crippen LogP contribution < -0.4 is 10.1 Å². The standard InChI is InChI=1S/C17H19NO4S/c1-22-14-9-10-23-16(14)17(21)18-13(7-8-15(19)20)11-12-5-3-2-4-6-12/h2-6,9-10,13H,7-8,11H2,1H3,(H,18,21)(H,19,20). The first-order valence-electron chi connectivity index (χ1n) is 7.28. The highest BCUT2D eigenvalue weighted by Gasteiger charge is 2.19. The molecule has 1 aromatic heterocycles. The molecule has 122 valence electrons. The van der Waals surface area contributed by atoms with E-state index in [9.17, 15) is 9.59 Å². The number of hydrogen-bond acceptors (Lipinski definition) is 4. The van der Waals surface area contributed by atoms with Crippen molar-refractivity contribution >= 4 is 23.2 Å². The third kappa shape index (κ3) is 5.10. The summed E-state index contributed by atoms with van der Waals surface area (Å²) in [7, 11) is 1.52. The normalized spacial score (nSPS) is 11.7. The molecule has 0 radical (unpaired) electrons. The van der Waals surface area contributed by atoms with Gasteiger partial charge in [0.25, 0.3) is 5.91 Å². The second-order valence-electron chi connectivity index (χ2n) is 5.11. The topological polar surface area (TPSA) is 75.6 Å². The number of hydrogen-bond donors (Lipinski definition) is 2. The molecule has 6 heteroatoms. The number of carbonyl (C=O) groups excluding carboxylic acids is 1. The maximum atomic E-state index is 12.4. The molecule has 0 bridgehead atoms. The summed E-state index contributed by atoms with van der Waals surface area (Å²) >= 11 is 1.30. The maximum absolute atomic E-state index is 12.4. The van der Waals surface area contributed by atoms with Crippen LogP contribution in [0, 0.1) is 0 Å². The summed E-state index contributed by atoms with van der Waals surface area (Å²) in [6.45, 7) is 0. The average molecular weight is 333 g/mol. The van der Waals surface area contributed by atoms with Gasteiger partial charge >= 0.3 is 5.97 Å². The van der Waals surface area contributed by atoms with Crippen molar-refractivity contribution in [3.05, 3.63) is 52.2 Å². The summed E-state index contributed by atoms with van der Waals surface area (Å²) in [5, 5.41) is 13.6. The van der Waals surface area contributed by atoms with Crippen molar-refractivity contribution in [3.63, 3.8) is 0 Å². The number of rotatable bonds is 8. The van der Waals surface area contributed by atoms with Crippen LogP contribution in [0.25, 0.3) is 0 Å². The number of amides is 1. The Balaban J connectivity index is 2.07. The number of carbonyl (C=O) groups is 2. The van der Waals surface area contributed by atoms with Gasteiger partial charge in [-0.3, -0.25) is 9.59 Å². The summed E-state index contributed by atoms with van der Waals surface area (Å²) < 4.78 is 5.16. The fourth-order valence-corrected chi connectivity index (χ4v) is 3.06. The number of nitrogens with one attached hydrogen (secondary N) is 1. The molecule has 0 aliphatic rings. The minimum absolute atomic E-state index is 0.0132. The Labute approximate surface area is 138 Å². The number of ether oxygens (including phenoxy) is 1. The lowest BCUT2D eigenvalue weighted by Crippen LogP contribution is -2.36. The molecule has 0 aliphatic carbocycles. The molecule has 2 N–H and O–H groups in total. The molecule has 1 unspecified atom stereocenters. The molecule has 1 atom stereocenters. The molecule has 1 aromatic carbocycles. The van der Waals surface area contributed by atoms with Crippen molar-refractivity contribution in [2.24, 2.45) is 0 Å². The number of aliphatic carboxylic acids is 1. The van der Waals surface area contributed by atoms with E-state index in [4.69, 9.17) is 9.84 Å². The predicted octanol–water partition coefficient (Wildman–Crippen LogP) is 2.96. The highest BCUT2D eigenvalue weighted by molar-refractivity contribution is 7.12. The minimum Gasteiger partial charge on any atom is -0.495 e. The Kier molecular flexibility index (Phi) is 6.17. The van der Waals surface area contributed by atoms with Gasteiger partial charge in [-0.05, 0) is 29.9 Å². The van der Waals surface area contributed by atoms with Crippen molar-refractivity contribution in [1.29, 1.82) is 0 Å². The lowest BCUT2D eigenvalue weighted by molar-refractivity contribution is -0.137. The van der Waals surface area contributed by atoms with Crippen molar-refractivity contribution in [3.8, 4) is 5.75 Å². The van der Waals surface area contributed by atoms with Gasteiger partial charge in [-0.25, -0.2) is 0 Å². The fraction of sp³-hybridized carbons (Fsp3) is 0.294. The van der Waals surface area contributed by atoms with E-state index >= 15 is 0 Å². The van der Waals surface area contributed by atoms with Gasteiger partial charge in [0.15, 0.2) is 0 Å². The quantitative estimate of drug-likeness (QED) is 0.779. The van der Waals surface area contributed by atoms with E-state index in [1.165, 1.54) is 18.4 Å². The molecular formula is C17H19NO4S. The van der Waals surface area contributed by atoms with Gasteiger partial charge in [0.2, 0.25) is 0 Å². The van der Waals surface area contributed by atoms with E-state index in [0.717, 1.165) is 5.56 Å². The van der Waals surface area contributed by atoms with Crippen molar-refractivity contribution < 1.29 is 19.4 Å². The molecule has 0 saturated carbocycles. The van der Waals surface area contributed by atoms with Crippen LogP contribution in [0.2, 0.25) is 0 Å². The number of carboxylic acid groups (broad SMARTS) is 1. The number of benzene rings is 1. The average Bonchev–Trinajstić information content (AvgIpc) is 3.02. The van der Waals surface area contributed by atoms with Crippen LogP contribution in [-0.2, 0) is 11.2 Å². The first-order chi connectivity index (χ1) is 11.1. The SMILES string of the molecule is COc1ccsc1C(=O)NC(CCC(=O)O)Cc1ccccc1. The molecule has 2 aromatic rings. The lowest BCUT2D eigenvalue weighted by Gasteiger charge is -2.18. The van der Waals surface area contributed by atoms with Gasteiger partial charge in [0, 0.05) is 12.5 Å². The van der Waals surface area contributed by atoms with Crippen molar-refractivity contribution in [2.45, 2.75) is 25.3 Å². The van der Waals surface area contributed by atoms with Crippen LogP contribution in [0.4, 0.5) is 0 Å². The van der Waals surface area contributed by atoms with Gasteiger partial charge < -0.3 is 15.2 Å². The lowest BCUT2D eigenvalue weighted by atomic mass is 10.0. The monoisotopic (exact) mass is 333 g/mol. The Morgan fingerprint density at radius 2 is 2.00 bits per heavy atom. The van der Waals surface area contributed by atoms with E-state index in [1.54, 1.807) is 11.4 Å². The predicted molar refractivity (Wildman–Crippen MR) is 89.1 cm³/mol. The van der Waals surface area contributed by atoms with Gasteiger partial charge in [-0.15, -0.1) is 11.3 Å². The summed E-state index contributed by atoms with van der Waals surface area (Å²) in [6.07, 6.45) is 0.983. The van der Waals surface area contributed by atoms with Crippen LogP contribution >= 0.6 is 11.3 Å². The molecule has 1 heterocycles. The highest BCUT2D eigenvalue weighted by atomic mass is 32.1. The summed E-state index contributed by atoms with van der Waals surface area (Å²) in [6, 6.07) is 11.2. The minimum atomic E-state index is -0.869. The molecule has 0 fully saturated rings. The molecule has 2 rings (SSSR count). The summed E-state index contributed by atoms with van der Waals surface area (Å²) in [5.41, 5.74) is 1.06. The van der Waals surface area contributed by atoms with Crippen LogP contribution in [0.1, 0.15) is 28.1 Å². The Morgan fingerprint density at radius 3 is 2.65 bits per heavy atom. The molecule has 5 nitrogen and oxygen atoms in total. The molecule has 23 heavy (non-hydrogen) atoms. The maximum Gasteiger partial charge on any atom is 0.303 e. The molecule has 0 spiro atoms. The van der Waals surface area contributed by atoms with Gasteiger partial charge in [0.05, 0.1) is 7.11 Å². The molecule has 0 saturated heterocycles. The highest BCUT2D eigenvalue weighted by Crippen LogP contribution is 2.24. The zero-order chi connectivity index (χ0) is 16.7. The number of methoxy groups -OCH3 is 1. The van der Waals surface area contributed by atoms with E-state index < -0.39 is 5.97 Å². The fourth-order valence-electron chi connectivity index (χ4n) is 2.30. The largest absolute Gasteiger partial charge is 0.495 e. The molecule has 1 amide bonds. The van der Waals surface area contributed by atoms with Crippen molar-refractivity contribution in [1.82, 2.24) is 5.32 Å². The van der Waals surface area contributed by atoms with Crippen LogP contribution in [0.5, 0.6) is 5.75 Å². The first-order valence-corrected chi connectivity index (χ1v) is 8.16. The van der Waals surface area contributed by atoms with E-state index in [0.29, 0.717) is 23.5 Å². The number of carboxylic acids is 1. The van der Waals surface area contributed by atoms with E-state index in [1.807, 2.05) is 30.3 Å². The second-order valence-corrected chi connectivity index (χ2v) is 6.03. The Morgan fingerprint density at radius 1 is 1.26 bits per heavy atom. The Hall–Kier alpha value is -2.34. The van der Waals surface area contributed by atoms with Gasteiger partial charge in [0.1, 0.15) is 10.6 Å². The Bertz CT molecular complexity index is 654. The van der Waals surface area contributed by atoms with E-state index in [2.05, 4.69) is 5.32 Å². The van der Waals surface area contributed by atoms with Crippen LogP contribution in [-0.4, -0.2) is 30.1 Å². The second kappa shape index (κ2) is 8.33. The van der Waals surface area contributed by atoms with E-state index in [-0.39, 0.29) is 18.4 Å². The number of thiophene rings is 1. The summed E-state index contributed by atoms with van der Waals surface area (Å²) in [4.78, 5) is 23.7. The third-order valence-corrected chi connectivity index (χ3v) is 4.32. The zero-order valence-electron chi connectivity index (χ0n) is 12.8. The van der Waals surface area contributed by atoms with Gasteiger partial charge in [-0.1, -0.05) is 30.3 Å². The third-order valence-electron chi connectivity index (χ3n) is 3.42. The van der Waals surface area contributed by atoms with Crippen LogP contribution in [0.15, 0.2) is 41.8 Å². The smallest absolute Gasteiger partial charge is 0.303 e. The first kappa shape index (κ1) is 17.0. The molecular weight excluding hydrogens is 314 g/mol. The van der Waals surface area contributed by atoms with Crippen LogP contribution in [0.3, 0.4) is 0 Å². The van der Waals surface area contributed by atoms with Crippen molar-refractivity contribution in [2.75, 3.05) is 7.11 Å². The molecule has 0 aliphatic heterocycles. The zero-order valence-corrected chi connectivity index (χ0v) is 13.6. The van der Waals surface area contributed by atoms with Gasteiger partial charge in [-0.2, -0.15) is 0 Å². The summed E-state index contributed by atoms with van der Waals surface area (Å²) in [5.74, 6) is -0.571.